The Hall–Kier alpha value is -1.86. The number of nitrogens with zero attached hydrogens (tertiary/aromatic N) is 3. The molecule has 0 unspecified atom stereocenters. The third kappa shape index (κ3) is 3.43. The molecule has 3 aliphatic heterocycles. The lowest BCUT2D eigenvalue weighted by Crippen LogP contribution is -2.47. The monoisotopic (exact) mass is 363 g/mol. The van der Waals surface area contributed by atoms with E-state index in [2.05, 4.69) is 15.3 Å². The Bertz CT molecular complexity index is 768. The van der Waals surface area contributed by atoms with Crippen LogP contribution in [0.4, 0.5) is 8.78 Å². The summed E-state index contributed by atoms with van der Waals surface area (Å²) in [5.41, 5.74) is 3.11. The van der Waals surface area contributed by atoms with Crippen molar-refractivity contribution in [2.24, 2.45) is 5.92 Å². The van der Waals surface area contributed by atoms with Crippen molar-refractivity contribution in [3.63, 3.8) is 0 Å². The molecule has 0 radical (unpaired) electrons. The van der Waals surface area contributed by atoms with Gasteiger partial charge in [-0.15, -0.1) is 11.3 Å². The van der Waals surface area contributed by atoms with Gasteiger partial charge in [-0.3, -0.25) is 9.69 Å². The number of aromatic nitrogens is 1. The summed E-state index contributed by atoms with van der Waals surface area (Å²) in [5, 5.41) is 2.05. The summed E-state index contributed by atoms with van der Waals surface area (Å²) < 4.78 is 26.6. The van der Waals surface area contributed by atoms with E-state index in [-0.39, 0.29) is 17.5 Å². The van der Waals surface area contributed by atoms with Crippen molar-refractivity contribution in [1.29, 1.82) is 0 Å². The molecule has 3 saturated heterocycles. The summed E-state index contributed by atoms with van der Waals surface area (Å²) in [5.74, 6) is -1.70. The zero-order chi connectivity index (χ0) is 17.4. The number of benzene rings is 1. The Kier molecular flexibility index (Phi) is 4.52. The van der Waals surface area contributed by atoms with Crippen molar-refractivity contribution in [2.75, 3.05) is 19.6 Å². The average molecular weight is 363 g/mol. The number of thiazole rings is 1. The first-order valence-electron chi connectivity index (χ1n) is 8.45. The summed E-state index contributed by atoms with van der Waals surface area (Å²) in [6.45, 7) is 3.21. The van der Waals surface area contributed by atoms with Crippen LogP contribution >= 0.6 is 11.3 Å². The normalized spacial score (nSPS) is 23.7. The number of hydrogen-bond donors (Lipinski definition) is 0. The van der Waals surface area contributed by atoms with Crippen LogP contribution in [0.3, 0.4) is 0 Å². The summed E-state index contributed by atoms with van der Waals surface area (Å²) in [6.07, 6.45) is 2.05. The first-order valence-corrected chi connectivity index (χ1v) is 9.40. The van der Waals surface area contributed by atoms with Gasteiger partial charge in [0.25, 0.3) is 5.91 Å². The van der Waals surface area contributed by atoms with E-state index < -0.39 is 11.6 Å². The summed E-state index contributed by atoms with van der Waals surface area (Å²) in [6, 6.07) is 3.50. The van der Waals surface area contributed by atoms with Gasteiger partial charge in [-0.05, 0) is 37.0 Å². The fourth-order valence-electron chi connectivity index (χ4n) is 3.90. The highest BCUT2D eigenvalue weighted by Crippen LogP contribution is 2.30. The van der Waals surface area contributed by atoms with Crippen LogP contribution in [0, 0.1) is 17.6 Å². The number of carbonyl (C=O) groups excluding carboxylic acids is 1. The zero-order valence-corrected chi connectivity index (χ0v) is 14.5. The van der Waals surface area contributed by atoms with Gasteiger partial charge in [0.05, 0.1) is 11.2 Å². The van der Waals surface area contributed by atoms with Crippen LogP contribution in [-0.4, -0.2) is 46.4 Å². The minimum absolute atomic E-state index is 0.109. The van der Waals surface area contributed by atoms with E-state index in [1.165, 1.54) is 6.07 Å². The number of piperidine rings is 1. The zero-order valence-electron chi connectivity index (χ0n) is 13.7. The molecule has 2 bridgehead atoms. The molecule has 0 saturated carbocycles. The molecule has 3 fully saturated rings. The van der Waals surface area contributed by atoms with Gasteiger partial charge in [0.1, 0.15) is 0 Å². The molecule has 0 N–H and O–H groups in total. The predicted octanol–water partition coefficient (Wildman–Crippen LogP) is 3.16. The molecule has 132 valence electrons. The number of hydrogen-bond acceptors (Lipinski definition) is 4. The summed E-state index contributed by atoms with van der Waals surface area (Å²) in [4.78, 5) is 21.4. The highest BCUT2D eigenvalue weighted by Gasteiger charge is 2.37. The highest BCUT2D eigenvalue weighted by atomic mass is 32.1. The Morgan fingerprint density at radius 3 is 2.84 bits per heavy atom. The molecule has 4 heterocycles. The molecule has 0 aliphatic carbocycles. The Morgan fingerprint density at radius 1 is 1.20 bits per heavy atom. The van der Waals surface area contributed by atoms with Gasteiger partial charge in [-0.1, -0.05) is 0 Å². The number of halogens is 2. The largest absolute Gasteiger partial charge is 0.334 e. The molecule has 7 heteroatoms. The van der Waals surface area contributed by atoms with Crippen molar-refractivity contribution in [3.8, 4) is 0 Å². The van der Waals surface area contributed by atoms with Crippen molar-refractivity contribution >= 4 is 17.2 Å². The van der Waals surface area contributed by atoms with Crippen molar-refractivity contribution in [1.82, 2.24) is 14.8 Å². The summed E-state index contributed by atoms with van der Waals surface area (Å²) >= 11 is 1.59. The van der Waals surface area contributed by atoms with E-state index in [1.54, 1.807) is 11.3 Å². The lowest BCUT2D eigenvalue weighted by atomic mass is 9.94. The second-order valence-corrected chi connectivity index (χ2v) is 7.58. The summed E-state index contributed by atoms with van der Waals surface area (Å²) in [7, 11) is 0. The maximum Gasteiger partial charge on any atom is 0.254 e. The molecular weight excluding hydrogens is 344 g/mol. The van der Waals surface area contributed by atoms with Crippen molar-refractivity contribution < 1.29 is 13.6 Å². The highest BCUT2D eigenvalue weighted by molar-refractivity contribution is 7.07. The second kappa shape index (κ2) is 6.80. The van der Waals surface area contributed by atoms with Gasteiger partial charge >= 0.3 is 0 Å². The van der Waals surface area contributed by atoms with Gasteiger partial charge in [-0.25, -0.2) is 13.8 Å². The SMILES string of the molecule is O=C(c1ccc(F)c(F)c1)N1C[C@H]2CC[C@@H]1CN(Cc1cscn1)C2. The van der Waals surface area contributed by atoms with Crippen molar-refractivity contribution in [2.45, 2.75) is 25.4 Å². The smallest absolute Gasteiger partial charge is 0.254 e. The Morgan fingerprint density at radius 2 is 2.08 bits per heavy atom. The second-order valence-electron chi connectivity index (χ2n) is 6.86. The molecule has 2 aromatic rings. The minimum atomic E-state index is -0.976. The fourth-order valence-corrected chi connectivity index (χ4v) is 4.45. The number of amides is 1. The lowest BCUT2D eigenvalue weighted by molar-refractivity contribution is 0.0584. The van der Waals surface area contributed by atoms with Crippen LogP contribution in [-0.2, 0) is 6.54 Å². The molecule has 0 spiro atoms. The van der Waals surface area contributed by atoms with E-state index in [0.29, 0.717) is 12.5 Å². The fraction of sp³-hybridized carbons (Fsp3) is 0.444. The third-order valence-electron chi connectivity index (χ3n) is 5.09. The molecule has 1 aromatic carbocycles. The standard InChI is InChI=1S/C18H19F2N3OS/c19-16-4-2-13(5-17(16)20)18(24)23-7-12-1-3-15(23)9-22(6-12)8-14-10-25-11-21-14/h2,4-5,10-12,15H,1,3,6-9H2/t12-,15+/m0/s1. The van der Waals surface area contributed by atoms with Crippen LogP contribution < -0.4 is 0 Å². The first kappa shape index (κ1) is 16.6. The average Bonchev–Trinajstić information content (AvgIpc) is 2.95. The topological polar surface area (TPSA) is 36.4 Å². The Balaban J connectivity index is 1.51. The Labute approximate surface area is 149 Å². The van der Waals surface area contributed by atoms with E-state index in [1.807, 2.05) is 10.4 Å². The van der Waals surface area contributed by atoms with E-state index in [4.69, 9.17) is 0 Å². The van der Waals surface area contributed by atoms with Crippen LogP contribution in [0.25, 0.3) is 0 Å². The van der Waals surface area contributed by atoms with Gasteiger partial charge in [0, 0.05) is 43.2 Å². The van der Waals surface area contributed by atoms with Crippen LogP contribution in [0.2, 0.25) is 0 Å². The lowest BCUT2D eigenvalue weighted by Gasteiger charge is -2.36. The van der Waals surface area contributed by atoms with Crippen molar-refractivity contribution in [3.05, 3.63) is 52.0 Å². The predicted molar refractivity (Wildman–Crippen MR) is 91.3 cm³/mol. The van der Waals surface area contributed by atoms with Crippen LogP contribution in [0.5, 0.6) is 0 Å². The number of fused-ring (bicyclic) bond motifs is 4. The quantitative estimate of drug-likeness (QED) is 0.841. The van der Waals surface area contributed by atoms with Crippen LogP contribution in [0.1, 0.15) is 28.9 Å². The molecule has 1 aromatic heterocycles. The van der Waals surface area contributed by atoms with Gasteiger partial charge < -0.3 is 4.90 Å². The third-order valence-corrected chi connectivity index (χ3v) is 5.72. The van der Waals surface area contributed by atoms with Gasteiger partial charge in [0.2, 0.25) is 0 Å². The molecule has 3 aliphatic rings. The molecule has 5 rings (SSSR count). The van der Waals surface area contributed by atoms with E-state index >= 15 is 0 Å². The number of rotatable bonds is 3. The molecule has 25 heavy (non-hydrogen) atoms. The first-order chi connectivity index (χ1) is 12.1. The molecular formula is C18H19F2N3OS. The van der Waals surface area contributed by atoms with Gasteiger partial charge in [-0.2, -0.15) is 0 Å². The number of carbonyl (C=O) groups is 1. The maximum atomic E-state index is 13.5. The van der Waals surface area contributed by atoms with Crippen LogP contribution in [0.15, 0.2) is 29.1 Å². The maximum absolute atomic E-state index is 13.5. The van der Waals surface area contributed by atoms with E-state index in [0.717, 1.165) is 50.3 Å². The molecule has 4 nitrogen and oxygen atoms in total. The minimum Gasteiger partial charge on any atom is -0.334 e. The van der Waals surface area contributed by atoms with E-state index in [9.17, 15) is 13.6 Å². The molecule has 1 amide bonds. The molecule has 2 atom stereocenters. The van der Waals surface area contributed by atoms with Gasteiger partial charge in [0.15, 0.2) is 11.6 Å².